The average Bonchev–Trinajstić information content (AvgIpc) is 2.22. The molecule has 0 bridgehead atoms. The number of carbonyl (C=O) groups excluding carboxylic acids is 1. The Morgan fingerprint density at radius 3 is 2.05 bits per heavy atom. The summed E-state index contributed by atoms with van der Waals surface area (Å²) in [6, 6.07) is -1.17. The molecule has 0 aliphatic rings. The van der Waals surface area contributed by atoms with E-state index in [1.807, 2.05) is 0 Å². The second kappa shape index (κ2) is 6.25. The van der Waals surface area contributed by atoms with Gasteiger partial charge in [-0.2, -0.15) is 13.2 Å². The van der Waals surface area contributed by atoms with Gasteiger partial charge in [-0.15, -0.1) is 0 Å². The molecule has 4 nitrogen and oxygen atoms in total. The van der Waals surface area contributed by atoms with Crippen LogP contribution in [-0.4, -0.2) is 29.2 Å². The first-order valence-electron chi connectivity index (χ1n) is 6.01. The highest BCUT2D eigenvalue weighted by Gasteiger charge is 2.48. The fourth-order valence-corrected chi connectivity index (χ4v) is 1.41. The van der Waals surface area contributed by atoms with E-state index in [4.69, 9.17) is 5.11 Å². The van der Waals surface area contributed by atoms with Crippen LogP contribution in [0.25, 0.3) is 0 Å². The van der Waals surface area contributed by atoms with Gasteiger partial charge in [0, 0.05) is 6.42 Å². The Labute approximate surface area is 110 Å². The molecule has 0 radical (unpaired) electrons. The number of aliphatic carboxylic acids is 1. The van der Waals surface area contributed by atoms with E-state index in [1.54, 1.807) is 13.8 Å². The molecule has 0 aromatic heterocycles. The summed E-state index contributed by atoms with van der Waals surface area (Å²) in [7, 11) is 0. The minimum Gasteiger partial charge on any atom is -0.480 e. The summed E-state index contributed by atoms with van der Waals surface area (Å²) in [4.78, 5) is 22.5. The molecule has 1 amide bonds. The number of carbonyl (C=O) groups is 2. The summed E-state index contributed by atoms with van der Waals surface area (Å²) in [6.07, 6.45) is -4.81. The molecule has 0 fully saturated rings. The smallest absolute Gasteiger partial charge is 0.394 e. The summed E-state index contributed by atoms with van der Waals surface area (Å²) in [6.45, 7) is 5.18. The third kappa shape index (κ3) is 5.08. The Morgan fingerprint density at radius 2 is 1.74 bits per heavy atom. The number of alkyl halides is 3. The molecule has 19 heavy (non-hydrogen) atoms. The van der Waals surface area contributed by atoms with Crippen molar-refractivity contribution in [1.29, 1.82) is 0 Å². The number of rotatable bonds is 6. The molecule has 112 valence electrons. The van der Waals surface area contributed by atoms with Gasteiger partial charge in [-0.3, -0.25) is 4.79 Å². The van der Waals surface area contributed by atoms with Crippen molar-refractivity contribution in [3.8, 4) is 0 Å². The molecule has 0 aliphatic heterocycles. The van der Waals surface area contributed by atoms with Crippen molar-refractivity contribution >= 4 is 11.9 Å². The van der Waals surface area contributed by atoms with Gasteiger partial charge in [-0.1, -0.05) is 34.1 Å². The van der Waals surface area contributed by atoms with Crippen molar-refractivity contribution < 1.29 is 27.9 Å². The predicted octanol–water partition coefficient (Wildman–Crippen LogP) is 2.58. The van der Waals surface area contributed by atoms with E-state index in [9.17, 15) is 22.8 Å². The number of halogens is 3. The Bertz CT molecular complexity index is 340. The number of carboxylic acids is 1. The van der Waals surface area contributed by atoms with Gasteiger partial charge in [0.25, 0.3) is 0 Å². The lowest BCUT2D eigenvalue weighted by molar-refractivity contribution is -0.214. The molecular weight excluding hydrogens is 263 g/mol. The molecular formula is C12H20F3NO3. The van der Waals surface area contributed by atoms with Crippen LogP contribution in [0, 0.1) is 11.3 Å². The maximum absolute atomic E-state index is 12.6. The van der Waals surface area contributed by atoms with E-state index in [1.165, 1.54) is 0 Å². The molecule has 0 heterocycles. The van der Waals surface area contributed by atoms with Gasteiger partial charge in [0.15, 0.2) is 0 Å². The van der Waals surface area contributed by atoms with Gasteiger partial charge in [0.1, 0.15) is 6.04 Å². The lowest BCUT2D eigenvalue weighted by atomic mass is 9.88. The number of hydrogen-bond donors (Lipinski definition) is 2. The highest BCUT2D eigenvalue weighted by Crippen LogP contribution is 2.40. The van der Waals surface area contributed by atoms with E-state index in [2.05, 4.69) is 5.32 Å². The zero-order valence-electron chi connectivity index (χ0n) is 11.5. The lowest BCUT2D eigenvalue weighted by Crippen LogP contribution is -2.47. The Morgan fingerprint density at radius 1 is 1.26 bits per heavy atom. The van der Waals surface area contributed by atoms with Crippen LogP contribution in [0.4, 0.5) is 13.2 Å². The minimum absolute atomic E-state index is 0.351. The van der Waals surface area contributed by atoms with Crippen LogP contribution in [0.5, 0.6) is 0 Å². The highest BCUT2D eigenvalue weighted by atomic mass is 19.4. The van der Waals surface area contributed by atoms with E-state index < -0.39 is 35.9 Å². The fourth-order valence-electron chi connectivity index (χ4n) is 1.41. The molecule has 2 atom stereocenters. The second-order valence-corrected chi connectivity index (χ2v) is 5.33. The van der Waals surface area contributed by atoms with Crippen molar-refractivity contribution in [3.05, 3.63) is 0 Å². The minimum atomic E-state index is -4.51. The Kier molecular flexibility index (Phi) is 5.83. The van der Waals surface area contributed by atoms with Gasteiger partial charge in [-0.25, -0.2) is 4.79 Å². The van der Waals surface area contributed by atoms with Gasteiger partial charge < -0.3 is 10.4 Å². The molecule has 0 spiro atoms. The van der Waals surface area contributed by atoms with Gasteiger partial charge >= 0.3 is 12.1 Å². The molecule has 0 saturated heterocycles. The van der Waals surface area contributed by atoms with Gasteiger partial charge in [0.2, 0.25) is 5.91 Å². The van der Waals surface area contributed by atoms with E-state index >= 15 is 0 Å². The lowest BCUT2D eigenvalue weighted by Gasteiger charge is -2.28. The summed E-state index contributed by atoms with van der Waals surface area (Å²) >= 11 is 0. The van der Waals surface area contributed by atoms with Gasteiger partial charge in [0.05, 0.1) is 5.41 Å². The summed E-state index contributed by atoms with van der Waals surface area (Å²) in [5, 5.41) is 11.1. The first kappa shape index (κ1) is 17.7. The number of hydrogen-bond acceptors (Lipinski definition) is 2. The van der Waals surface area contributed by atoms with Crippen LogP contribution in [0.15, 0.2) is 0 Å². The average molecular weight is 283 g/mol. The Balaban J connectivity index is 4.73. The summed E-state index contributed by atoms with van der Waals surface area (Å²) in [5.74, 6) is -2.50. The maximum Gasteiger partial charge on any atom is 0.394 e. The topological polar surface area (TPSA) is 66.4 Å². The first-order valence-corrected chi connectivity index (χ1v) is 6.01. The zero-order chi connectivity index (χ0) is 15.4. The molecule has 0 saturated carbocycles. The molecule has 0 unspecified atom stereocenters. The highest BCUT2D eigenvalue weighted by molar-refractivity contribution is 5.84. The molecule has 2 N–H and O–H groups in total. The maximum atomic E-state index is 12.6. The molecule has 0 aliphatic carbocycles. The van der Waals surface area contributed by atoms with Crippen LogP contribution in [0.3, 0.4) is 0 Å². The number of amides is 1. The standard InChI is InChI=1S/C12H20F3NO3/c1-5-7(2)9(10(18)19)16-8(17)6-11(3,4)12(13,14)15/h7,9H,5-6H2,1-4H3,(H,16,17)(H,18,19)/t7-,9-/m0/s1. The van der Waals surface area contributed by atoms with Crippen molar-refractivity contribution in [1.82, 2.24) is 5.32 Å². The van der Waals surface area contributed by atoms with Crippen LogP contribution in [0.1, 0.15) is 40.5 Å². The number of carboxylic acid groups (broad SMARTS) is 1. The molecule has 0 aromatic rings. The first-order chi connectivity index (χ1) is 8.42. The zero-order valence-corrected chi connectivity index (χ0v) is 11.5. The van der Waals surface area contributed by atoms with Crippen molar-refractivity contribution in [3.63, 3.8) is 0 Å². The fraction of sp³-hybridized carbons (Fsp3) is 0.833. The van der Waals surface area contributed by atoms with Crippen LogP contribution in [0.2, 0.25) is 0 Å². The Hall–Kier alpha value is -1.27. The summed E-state index contributed by atoms with van der Waals surface area (Å²) < 4.78 is 37.9. The van der Waals surface area contributed by atoms with Crippen molar-refractivity contribution in [2.45, 2.75) is 52.8 Å². The SMILES string of the molecule is CC[C@H](C)[C@H](NC(=O)CC(C)(C)C(F)(F)F)C(=O)O. The van der Waals surface area contributed by atoms with Crippen LogP contribution >= 0.6 is 0 Å². The largest absolute Gasteiger partial charge is 0.480 e. The normalized spacial score (nSPS) is 15.7. The van der Waals surface area contributed by atoms with Crippen molar-refractivity contribution in [2.75, 3.05) is 0 Å². The third-order valence-electron chi connectivity index (χ3n) is 3.17. The number of nitrogens with one attached hydrogen (secondary N) is 1. The van der Waals surface area contributed by atoms with Crippen LogP contribution in [-0.2, 0) is 9.59 Å². The van der Waals surface area contributed by atoms with Crippen LogP contribution < -0.4 is 5.32 Å². The predicted molar refractivity (Wildman–Crippen MR) is 63.5 cm³/mol. The quantitative estimate of drug-likeness (QED) is 0.787. The molecule has 7 heteroatoms. The second-order valence-electron chi connectivity index (χ2n) is 5.33. The van der Waals surface area contributed by atoms with Gasteiger partial charge in [-0.05, 0) is 5.92 Å². The monoisotopic (exact) mass is 283 g/mol. The summed E-state index contributed by atoms with van der Waals surface area (Å²) in [5.41, 5.74) is -2.18. The molecule has 0 rings (SSSR count). The third-order valence-corrected chi connectivity index (χ3v) is 3.17. The van der Waals surface area contributed by atoms with E-state index in [-0.39, 0.29) is 5.92 Å². The van der Waals surface area contributed by atoms with E-state index in [0.717, 1.165) is 13.8 Å². The van der Waals surface area contributed by atoms with Crippen molar-refractivity contribution in [2.24, 2.45) is 11.3 Å². The molecule has 0 aromatic carbocycles. The van der Waals surface area contributed by atoms with E-state index in [0.29, 0.717) is 6.42 Å².